The van der Waals surface area contributed by atoms with Gasteiger partial charge >= 0.3 is 0 Å². The van der Waals surface area contributed by atoms with E-state index in [2.05, 4.69) is 42.4 Å². The summed E-state index contributed by atoms with van der Waals surface area (Å²) < 4.78 is 5.29. The van der Waals surface area contributed by atoms with Crippen molar-refractivity contribution in [1.29, 1.82) is 0 Å². The summed E-state index contributed by atoms with van der Waals surface area (Å²) in [6.45, 7) is 4.41. The smallest absolute Gasteiger partial charge is 0.120 e. The molecule has 106 valence electrons. The first-order valence-corrected chi connectivity index (χ1v) is 7.33. The molecule has 0 aliphatic heterocycles. The summed E-state index contributed by atoms with van der Waals surface area (Å²) in [5.74, 6) is 1.80. The molecule has 1 aromatic carbocycles. The van der Waals surface area contributed by atoms with E-state index < -0.39 is 0 Å². The number of methoxy groups -OCH3 is 1. The number of nitrogens with one attached hydrogen (secondary N) is 1. The molecular formula is C16H26N2O. The van der Waals surface area contributed by atoms with E-state index in [0.29, 0.717) is 6.04 Å². The number of hydrogen-bond donors (Lipinski definition) is 1. The van der Waals surface area contributed by atoms with Crippen molar-refractivity contribution >= 4 is 5.69 Å². The molecule has 1 atom stereocenters. The average molecular weight is 262 g/mol. The molecule has 3 nitrogen and oxygen atoms in total. The highest BCUT2D eigenvalue weighted by Gasteiger charge is 2.31. The zero-order chi connectivity index (χ0) is 13.7. The quantitative estimate of drug-likeness (QED) is 0.779. The van der Waals surface area contributed by atoms with E-state index in [4.69, 9.17) is 4.74 Å². The van der Waals surface area contributed by atoms with Crippen LogP contribution in [0.5, 0.6) is 5.75 Å². The lowest BCUT2D eigenvalue weighted by molar-refractivity contribution is 0.414. The summed E-state index contributed by atoms with van der Waals surface area (Å²) >= 11 is 0. The van der Waals surface area contributed by atoms with Gasteiger partial charge in [-0.25, -0.2) is 0 Å². The van der Waals surface area contributed by atoms with Gasteiger partial charge in [-0.2, -0.15) is 0 Å². The minimum atomic E-state index is 0.621. The molecule has 19 heavy (non-hydrogen) atoms. The Hall–Kier alpha value is -1.22. The molecule has 1 aliphatic carbocycles. The molecule has 2 rings (SSSR count). The number of anilines is 1. The Kier molecular flexibility index (Phi) is 5.08. The number of rotatable bonds is 8. The summed E-state index contributed by atoms with van der Waals surface area (Å²) in [7, 11) is 3.88. The topological polar surface area (TPSA) is 24.5 Å². The van der Waals surface area contributed by atoms with E-state index in [-0.39, 0.29) is 0 Å². The van der Waals surface area contributed by atoms with Gasteiger partial charge in [-0.1, -0.05) is 13.0 Å². The Morgan fingerprint density at radius 2 is 2.21 bits per heavy atom. The first-order chi connectivity index (χ1) is 9.24. The lowest BCUT2D eigenvalue weighted by Crippen LogP contribution is -2.41. The van der Waals surface area contributed by atoms with Crippen LogP contribution in [-0.2, 0) is 0 Å². The van der Waals surface area contributed by atoms with E-state index in [1.54, 1.807) is 7.11 Å². The van der Waals surface area contributed by atoms with Crippen LogP contribution < -0.4 is 15.0 Å². The largest absolute Gasteiger partial charge is 0.497 e. The second kappa shape index (κ2) is 6.80. The van der Waals surface area contributed by atoms with E-state index in [0.717, 1.165) is 24.8 Å². The molecule has 1 aromatic rings. The zero-order valence-corrected chi connectivity index (χ0v) is 12.4. The molecule has 0 aromatic heterocycles. The summed E-state index contributed by atoms with van der Waals surface area (Å²) in [6.07, 6.45) is 3.97. The second-order valence-electron chi connectivity index (χ2n) is 5.48. The molecular weight excluding hydrogens is 236 g/mol. The predicted molar refractivity (Wildman–Crippen MR) is 81.1 cm³/mol. The lowest BCUT2D eigenvalue weighted by Gasteiger charge is -2.27. The Morgan fingerprint density at radius 1 is 1.42 bits per heavy atom. The van der Waals surface area contributed by atoms with Gasteiger partial charge < -0.3 is 15.0 Å². The van der Waals surface area contributed by atoms with Crippen molar-refractivity contribution in [2.24, 2.45) is 5.92 Å². The maximum Gasteiger partial charge on any atom is 0.120 e. The van der Waals surface area contributed by atoms with Crippen molar-refractivity contribution in [2.75, 3.05) is 32.1 Å². The van der Waals surface area contributed by atoms with Crippen LogP contribution in [0.1, 0.15) is 26.2 Å². The van der Waals surface area contributed by atoms with E-state index >= 15 is 0 Å². The summed E-state index contributed by atoms with van der Waals surface area (Å²) in [5, 5.41) is 3.69. The Labute approximate surface area is 116 Å². The molecule has 0 bridgehead atoms. The molecule has 0 heterocycles. The van der Waals surface area contributed by atoms with Crippen LogP contribution in [0.25, 0.3) is 0 Å². The molecule has 1 unspecified atom stereocenters. The van der Waals surface area contributed by atoms with Gasteiger partial charge in [0.05, 0.1) is 7.11 Å². The normalized spacial score (nSPS) is 16.2. The van der Waals surface area contributed by atoms with Gasteiger partial charge in [0.2, 0.25) is 0 Å². The minimum absolute atomic E-state index is 0.621. The SMILES string of the molecule is CCCNC(CN(C)c1cccc(OC)c1)C1CC1. The first-order valence-electron chi connectivity index (χ1n) is 7.33. The van der Waals surface area contributed by atoms with Crippen LogP contribution in [0.3, 0.4) is 0 Å². The first kappa shape index (κ1) is 14.2. The highest BCUT2D eigenvalue weighted by atomic mass is 16.5. The molecule has 1 N–H and O–H groups in total. The third-order valence-corrected chi connectivity index (χ3v) is 3.81. The molecule has 0 radical (unpaired) electrons. The van der Waals surface area contributed by atoms with Crippen LogP contribution >= 0.6 is 0 Å². The molecule has 0 saturated heterocycles. The fraction of sp³-hybridized carbons (Fsp3) is 0.625. The van der Waals surface area contributed by atoms with Crippen LogP contribution in [0.15, 0.2) is 24.3 Å². The van der Waals surface area contributed by atoms with Crippen molar-refractivity contribution in [1.82, 2.24) is 5.32 Å². The maximum absolute atomic E-state index is 5.29. The number of benzene rings is 1. The van der Waals surface area contributed by atoms with Crippen LogP contribution in [-0.4, -0.2) is 33.3 Å². The molecule has 0 spiro atoms. The molecule has 1 aliphatic rings. The van der Waals surface area contributed by atoms with Gasteiger partial charge in [0, 0.05) is 31.4 Å². The highest BCUT2D eigenvalue weighted by molar-refractivity contribution is 5.50. The van der Waals surface area contributed by atoms with Crippen molar-refractivity contribution in [3.05, 3.63) is 24.3 Å². The van der Waals surface area contributed by atoms with Gasteiger partial charge in [-0.15, -0.1) is 0 Å². The van der Waals surface area contributed by atoms with Gasteiger partial charge in [0.25, 0.3) is 0 Å². The average Bonchev–Trinajstić information content (AvgIpc) is 3.27. The summed E-state index contributed by atoms with van der Waals surface area (Å²) in [4.78, 5) is 2.33. The van der Waals surface area contributed by atoms with Gasteiger partial charge in [0.1, 0.15) is 5.75 Å². The van der Waals surface area contributed by atoms with Crippen molar-refractivity contribution in [3.8, 4) is 5.75 Å². The van der Waals surface area contributed by atoms with Gasteiger partial charge in [0.15, 0.2) is 0 Å². The van der Waals surface area contributed by atoms with E-state index in [9.17, 15) is 0 Å². The standard InChI is InChI=1S/C16H26N2O/c1-4-10-17-16(13-8-9-13)12-18(2)14-6-5-7-15(11-14)19-3/h5-7,11,13,16-17H,4,8-10,12H2,1-3H3. The second-order valence-corrected chi connectivity index (χ2v) is 5.48. The van der Waals surface area contributed by atoms with Crippen LogP contribution in [0, 0.1) is 5.92 Å². The van der Waals surface area contributed by atoms with Gasteiger partial charge in [-0.05, 0) is 43.9 Å². The third kappa shape index (κ3) is 4.13. The minimum Gasteiger partial charge on any atom is -0.497 e. The third-order valence-electron chi connectivity index (χ3n) is 3.81. The number of ether oxygens (including phenoxy) is 1. The van der Waals surface area contributed by atoms with Crippen LogP contribution in [0.4, 0.5) is 5.69 Å². The molecule has 0 amide bonds. The fourth-order valence-corrected chi connectivity index (χ4v) is 2.46. The number of hydrogen-bond acceptors (Lipinski definition) is 3. The van der Waals surface area contributed by atoms with E-state index in [1.807, 2.05) is 6.07 Å². The van der Waals surface area contributed by atoms with Crippen molar-refractivity contribution in [2.45, 2.75) is 32.2 Å². The summed E-state index contributed by atoms with van der Waals surface area (Å²) in [6, 6.07) is 8.91. The molecule has 3 heteroatoms. The molecule has 1 saturated carbocycles. The van der Waals surface area contributed by atoms with Crippen molar-refractivity contribution in [3.63, 3.8) is 0 Å². The number of nitrogens with zero attached hydrogens (tertiary/aromatic N) is 1. The Morgan fingerprint density at radius 3 is 2.84 bits per heavy atom. The highest BCUT2D eigenvalue weighted by Crippen LogP contribution is 2.33. The monoisotopic (exact) mass is 262 g/mol. The maximum atomic E-state index is 5.29. The Bertz CT molecular complexity index is 390. The Balaban J connectivity index is 1.95. The predicted octanol–water partition coefficient (Wildman–Crippen LogP) is 2.91. The summed E-state index contributed by atoms with van der Waals surface area (Å²) in [5.41, 5.74) is 1.23. The molecule has 1 fully saturated rings. The van der Waals surface area contributed by atoms with Crippen LogP contribution in [0.2, 0.25) is 0 Å². The lowest BCUT2D eigenvalue weighted by atomic mass is 10.1. The van der Waals surface area contributed by atoms with E-state index in [1.165, 1.54) is 24.9 Å². The number of likely N-dealkylation sites (N-methyl/N-ethyl adjacent to an activating group) is 1. The fourth-order valence-electron chi connectivity index (χ4n) is 2.46. The zero-order valence-electron chi connectivity index (χ0n) is 12.4. The van der Waals surface area contributed by atoms with Crippen molar-refractivity contribution < 1.29 is 4.74 Å². The van der Waals surface area contributed by atoms with Gasteiger partial charge in [-0.3, -0.25) is 0 Å².